The van der Waals surface area contributed by atoms with Crippen molar-refractivity contribution in [2.45, 2.75) is 25.7 Å². The first kappa shape index (κ1) is 15.0. The fraction of sp³-hybridized carbons (Fsp3) is 0.786. The molecule has 6 heteroatoms. The van der Waals surface area contributed by atoms with E-state index in [-0.39, 0.29) is 23.7 Å². The predicted molar refractivity (Wildman–Crippen MR) is 73.7 cm³/mol. The molecule has 2 aliphatic rings. The van der Waals surface area contributed by atoms with Gasteiger partial charge in [-0.25, -0.2) is 0 Å². The van der Waals surface area contributed by atoms with Crippen LogP contribution in [0.15, 0.2) is 0 Å². The summed E-state index contributed by atoms with van der Waals surface area (Å²) in [4.78, 5) is 38.0. The molecule has 0 radical (unpaired) electrons. The molecule has 2 N–H and O–H groups in total. The molecule has 6 nitrogen and oxygen atoms in total. The molecular formula is C14H23N3O3. The number of aldehydes is 1. The van der Waals surface area contributed by atoms with E-state index in [0.29, 0.717) is 19.6 Å². The molecule has 2 fully saturated rings. The molecule has 2 aliphatic heterocycles. The molecule has 2 saturated heterocycles. The number of hydrogen-bond donors (Lipinski definition) is 1. The molecule has 0 spiro atoms. The molecule has 2 rings (SSSR count). The van der Waals surface area contributed by atoms with Crippen molar-refractivity contribution in [2.75, 3.05) is 32.7 Å². The number of likely N-dealkylation sites (tertiary alicyclic amines) is 2. The van der Waals surface area contributed by atoms with Crippen molar-refractivity contribution in [2.24, 2.45) is 17.6 Å². The van der Waals surface area contributed by atoms with Gasteiger partial charge in [0, 0.05) is 19.0 Å². The summed E-state index contributed by atoms with van der Waals surface area (Å²) in [5.74, 6) is -0.293. The zero-order valence-corrected chi connectivity index (χ0v) is 11.8. The van der Waals surface area contributed by atoms with E-state index >= 15 is 0 Å². The maximum absolute atomic E-state index is 12.2. The van der Waals surface area contributed by atoms with E-state index in [4.69, 9.17) is 5.73 Å². The first-order chi connectivity index (χ1) is 9.60. The van der Waals surface area contributed by atoms with Crippen molar-refractivity contribution in [1.82, 2.24) is 9.80 Å². The van der Waals surface area contributed by atoms with Gasteiger partial charge in [0.25, 0.3) is 0 Å². The lowest BCUT2D eigenvalue weighted by molar-refractivity contribution is -0.136. The van der Waals surface area contributed by atoms with Crippen LogP contribution in [0.25, 0.3) is 0 Å². The first-order valence-electron chi connectivity index (χ1n) is 7.35. The van der Waals surface area contributed by atoms with E-state index in [2.05, 4.69) is 4.90 Å². The maximum atomic E-state index is 12.2. The minimum atomic E-state index is -0.311. The molecular weight excluding hydrogens is 258 g/mol. The van der Waals surface area contributed by atoms with Crippen molar-refractivity contribution < 1.29 is 14.4 Å². The third kappa shape index (κ3) is 3.79. The Morgan fingerprint density at radius 1 is 1.15 bits per heavy atom. The highest BCUT2D eigenvalue weighted by atomic mass is 16.2. The number of primary amides is 1. The number of carbonyl (C=O) groups excluding carboxylic acids is 3. The lowest BCUT2D eigenvalue weighted by Gasteiger charge is -2.34. The van der Waals surface area contributed by atoms with Gasteiger partial charge in [-0.3, -0.25) is 14.5 Å². The van der Waals surface area contributed by atoms with Crippen molar-refractivity contribution >= 4 is 18.1 Å². The molecule has 0 aromatic rings. The molecule has 20 heavy (non-hydrogen) atoms. The van der Waals surface area contributed by atoms with Crippen molar-refractivity contribution in [3.63, 3.8) is 0 Å². The third-order valence-corrected chi connectivity index (χ3v) is 4.36. The molecule has 0 aromatic carbocycles. The van der Waals surface area contributed by atoms with Crippen LogP contribution in [0.2, 0.25) is 0 Å². The van der Waals surface area contributed by atoms with Crippen LogP contribution in [0, 0.1) is 11.8 Å². The lowest BCUT2D eigenvalue weighted by Crippen LogP contribution is -2.48. The van der Waals surface area contributed by atoms with Crippen LogP contribution in [-0.4, -0.2) is 60.6 Å². The summed E-state index contributed by atoms with van der Waals surface area (Å²) >= 11 is 0. The van der Waals surface area contributed by atoms with Crippen LogP contribution in [0.1, 0.15) is 25.7 Å². The summed E-state index contributed by atoms with van der Waals surface area (Å²) in [5.41, 5.74) is 5.32. The van der Waals surface area contributed by atoms with Gasteiger partial charge in [-0.15, -0.1) is 0 Å². The quantitative estimate of drug-likeness (QED) is 0.712. The van der Waals surface area contributed by atoms with Gasteiger partial charge in [0.1, 0.15) is 6.29 Å². The average Bonchev–Trinajstić information content (AvgIpc) is 2.48. The smallest absolute Gasteiger partial charge is 0.236 e. The summed E-state index contributed by atoms with van der Waals surface area (Å²) < 4.78 is 0. The second kappa shape index (κ2) is 6.83. The Morgan fingerprint density at radius 2 is 1.85 bits per heavy atom. The molecule has 0 aromatic heterocycles. The SMILES string of the molecule is NC(=O)C1CCCN(C(=O)CN2CCC(C=O)CC2)C1. The van der Waals surface area contributed by atoms with Crippen LogP contribution in [0.5, 0.6) is 0 Å². The topological polar surface area (TPSA) is 83.7 Å². The normalized spacial score (nSPS) is 25.4. The van der Waals surface area contributed by atoms with Gasteiger partial charge in [-0.1, -0.05) is 0 Å². The van der Waals surface area contributed by atoms with Gasteiger partial charge >= 0.3 is 0 Å². The van der Waals surface area contributed by atoms with E-state index < -0.39 is 0 Å². The molecule has 112 valence electrons. The minimum absolute atomic E-state index is 0.0699. The Labute approximate surface area is 119 Å². The molecule has 0 bridgehead atoms. The second-order valence-electron chi connectivity index (χ2n) is 5.83. The zero-order valence-electron chi connectivity index (χ0n) is 11.8. The lowest BCUT2D eigenvalue weighted by atomic mass is 9.97. The summed E-state index contributed by atoms with van der Waals surface area (Å²) in [7, 11) is 0. The largest absolute Gasteiger partial charge is 0.369 e. The van der Waals surface area contributed by atoms with Gasteiger partial charge in [-0.05, 0) is 38.8 Å². The van der Waals surface area contributed by atoms with E-state index in [1.54, 1.807) is 4.90 Å². The van der Waals surface area contributed by atoms with Crippen LogP contribution in [0.3, 0.4) is 0 Å². The number of amides is 2. The van der Waals surface area contributed by atoms with Gasteiger partial charge in [0.15, 0.2) is 0 Å². The highest BCUT2D eigenvalue weighted by molar-refractivity contribution is 5.81. The number of nitrogens with two attached hydrogens (primary N) is 1. The number of hydrogen-bond acceptors (Lipinski definition) is 4. The summed E-state index contributed by atoms with van der Waals surface area (Å²) in [6, 6.07) is 0. The van der Waals surface area contributed by atoms with E-state index in [1.165, 1.54) is 0 Å². The van der Waals surface area contributed by atoms with Gasteiger partial charge < -0.3 is 15.4 Å². The molecule has 1 unspecified atom stereocenters. The van der Waals surface area contributed by atoms with Gasteiger partial charge in [0.05, 0.1) is 12.5 Å². The Morgan fingerprint density at radius 3 is 2.45 bits per heavy atom. The molecule has 2 heterocycles. The fourth-order valence-corrected chi connectivity index (χ4v) is 2.97. The fourth-order valence-electron chi connectivity index (χ4n) is 2.97. The van der Waals surface area contributed by atoms with E-state index in [0.717, 1.165) is 45.1 Å². The summed E-state index contributed by atoms with van der Waals surface area (Å²) in [6.45, 7) is 3.15. The van der Waals surface area contributed by atoms with Crippen LogP contribution < -0.4 is 5.73 Å². The van der Waals surface area contributed by atoms with E-state index in [1.807, 2.05) is 0 Å². The predicted octanol–water partition coefficient (Wildman–Crippen LogP) is -0.379. The van der Waals surface area contributed by atoms with Crippen LogP contribution >= 0.6 is 0 Å². The summed E-state index contributed by atoms with van der Waals surface area (Å²) in [6.07, 6.45) is 4.30. The second-order valence-corrected chi connectivity index (χ2v) is 5.83. The highest BCUT2D eigenvalue weighted by Crippen LogP contribution is 2.18. The molecule has 0 aliphatic carbocycles. The third-order valence-electron chi connectivity index (χ3n) is 4.36. The van der Waals surface area contributed by atoms with Gasteiger partial charge in [-0.2, -0.15) is 0 Å². The van der Waals surface area contributed by atoms with Crippen molar-refractivity contribution in [3.05, 3.63) is 0 Å². The molecule has 2 amide bonds. The van der Waals surface area contributed by atoms with Crippen LogP contribution in [0.4, 0.5) is 0 Å². The Balaban J connectivity index is 1.80. The number of rotatable bonds is 4. The standard InChI is InChI=1S/C14H23N3O3/c15-14(20)12-2-1-5-17(8-12)13(19)9-16-6-3-11(10-18)4-7-16/h10-12H,1-9H2,(H2,15,20). The number of piperidine rings is 2. The highest BCUT2D eigenvalue weighted by Gasteiger charge is 2.28. The summed E-state index contributed by atoms with van der Waals surface area (Å²) in [5, 5.41) is 0. The average molecular weight is 281 g/mol. The monoisotopic (exact) mass is 281 g/mol. The Kier molecular flexibility index (Phi) is 5.11. The number of carbonyl (C=O) groups is 3. The van der Waals surface area contributed by atoms with Gasteiger partial charge in [0.2, 0.25) is 11.8 Å². The van der Waals surface area contributed by atoms with Crippen molar-refractivity contribution in [1.29, 1.82) is 0 Å². The number of nitrogens with zero attached hydrogens (tertiary/aromatic N) is 2. The Bertz CT molecular complexity index is 378. The van der Waals surface area contributed by atoms with Crippen molar-refractivity contribution in [3.8, 4) is 0 Å². The first-order valence-corrected chi connectivity index (χ1v) is 7.35. The zero-order chi connectivity index (χ0) is 14.5. The Hall–Kier alpha value is -1.43. The maximum Gasteiger partial charge on any atom is 0.236 e. The molecule has 1 atom stereocenters. The minimum Gasteiger partial charge on any atom is -0.369 e. The van der Waals surface area contributed by atoms with Crippen LogP contribution in [-0.2, 0) is 14.4 Å². The molecule has 0 saturated carbocycles. The van der Waals surface area contributed by atoms with E-state index in [9.17, 15) is 14.4 Å².